The molecular formula is C16H25N3O4S. The van der Waals surface area contributed by atoms with Gasteiger partial charge >= 0.3 is 0 Å². The van der Waals surface area contributed by atoms with Crippen LogP contribution in [0.3, 0.4) is 0 Å². The number of morpholine rings is 1. The van der Waals surface area contributed by atoms with Crippen molar-refractivity contribution >= 4 is 15.9 Å². The van der Waals surface area contributed by atoms with Crippen LogP contribution in [0.5, 0.6) is 0 Å². The van der Waals surface area contributed by atoms with E-state index in [0.29, 0.717) is 13.2 Å². The lowest BCUT2D eigenvalue weighted by Gasteiger charge is -2.30. The lowest BCUT2D eigenvalue weighted by molar-refractivity contribution is -0.129. The fourth-order valence-corrected chi connectivity index (χ4v) is 3.45. The third-order valence-corrected chi connectivity index (χ3v) is 5.95. The van der Waals surface area contributed by atoms with Crippen molar-refractivity contribution in [2.75, 3.05) is 27.2 Å². The number of ether oxygens (including phenoxy) is 1. The molecule has 8 heteroatoms. The second-order valence-electron chi connectivity index (χ2n) is 6.09. The first-order valence-electron chi connectivity index (χ1n) is 7.91. The fraction of sp³-hybridized carbons (Fsp3) is 0.562. The Hall–Kier alpha value is -1.48. The molecule has 0 radical (unpaired) electrons. The molecule has 0 saturated carbocycles. The molecule has 7 nitrogen and oxygen atoms in total. The molecule has 1 aromatic carbocycles. The van der Waals surface area contributed by atoms with Crippen molar-refractivity contribution < 1.29 is 17.9 Å². The van der Waals surface area contributed by atoms with Crippen molar-refractivity contribution in [1.29, 1.82) is 0 Å². The highest BCUT2D eigenvalue weighted by Crippen LogP contribution is 2.18. The van der Waals surface area contributed by atoms with Gasteiger partial charge in [0.15, 0.2) is 0 Å². The number of carbonyl (C=O) groups is 1. The average Bonchev–Trinajstić information content (AvgIpc) is 2.55. The predicted octanol–water partition coefficient (Wildman–Crippen LogP) is 0.491. The van der Waals surface area contributed by atoms with Gasteiger partial charge in [-0.3, -0.25) is 4.79 Å². The Balaban J connectivity index is 2.05. The summed E-state index contributed by atoms with van der Waals surface area (Å²) in [7, 11) is -0.462. The molecule has 1 aliphatic heterocycles. The quantitative estimate of drug-likeness (QED) is 0.803. The number of nitrogens with zero attached hydrogens (tertiary/aromatic N) is 1. The van der Waals surface area contributed by atoms with Crippen molar-refractivity contribution in [3.05, 3.63) is 29.8 Å². The third kappa shape index (κ3) is 4.13. The van der Waals surface area contributed by atoms with Gasteiger partial charge in [-0.05, 0) is 31.5 Å². The Morgan fingerprint density at radius 1 is 1.33 bits per heavy atom. The van der Waals surface area contributed by atoms with Gasteiger partial charge in [0.2, 0.25) is 15.9 Å². The first kappa shape index (κ1) is 18.9. The minimum atomic E-state index is -3.45. The summed E-state index contributed by atoms with van der Waals surface area (Å²) in [6.07, 6.45) is -0.182. The summed E-state index contributed by atoms with van der Waals surface area (Å²) in [5.41, 5.74) is 0.838. The highest BCUT2D eigenvalue weighted by molar-refractivity contribution is 7.89. The average molecular weight is 355 g/mol. The van der Waals surface area contributed by atoms with E-state index >= 15 is 0 Å². The summed E-state index contributed by atoms with van der Waals surface area (Å²) in [5, 5.41) is 6.08. The first-order chi connectivity index (χ1) is 11.2. The van der Waals surface area contributed by atoms with E-state index in [0.717, 1.165) is 5.56 Å². The van der Waals surface area contributed by atoms with Gasteiger partial charge in [-0.15, -0.1) is 0 Å². The van der Waals surface area contributed by atoms with Gasteiger partial charge in [0, 0.05) is 20.6 Å². The standard InChI is InChI=1S/C16H25N3O4S/c1-11(18-16(20)15-12(2)23-10-9-17-15)13-5-7-14(8-6-13)24(21,22)19(3)4/h5-8,11-12,15,17H,9-10H2,1-4H3,(H,18,20)/t11?,12-,15+/m1/s1. The van der Waals surface area contributed by atoms with Gasteiger partial charge in [-0.2, -0.15) is 0 Å². The third-order valence-electron chi connectivity index (χ3n) is 4.12. The Bertz CT molecular complexity index is 673. The van der Waals surface area contributed by atoms with E-state index < -0.39 is 10.0 Å². The molecule has 2 rings (SSSR count). The van der Waals surface area contributed by atoms with E-state index in [2.05, 4.69) is 10.6 Å². The Labute approximate surface area is 143 Å². The SMILES string of the molecule is CC(NC(=O)[C@H]1NCCO[C@@H]1C)c1ccc(S(=O)(=O)N(C)C)cc1. The zero-order chi connectivity index (χ0) is 17.9. The highest BCUT2D eigenvalue weighted by atomic mass is 32.2. The summed E-state index contributed by atoms with van der Waals surface area (Å²) < 4.78 is 30.8. The molecule has 134 valence electrons. The number of sulfonamides is 1. The van der Waals surface area contributed by atoms with Crippen molar-refractivity contribution in [1.82, 2.24) is 14.9 Å². The molecule has 0 bridgehead atoms. The van der Waals surface area contributed by atoms with E-state index in [4.69, 9.17) is 4.74 Å². The molecule has 0 spiro atoms. The van der Waals surface area contributed by atoms with E-state index in [1.165, 1.54) is 18.4 Å². The minimum Gasteiger partial charge on any atom is -0.375 e. The number of benzene rings is 1. The van der Waals surface area contributed by atoms with E-state index in [-0.39, 0.29) is 29.0 Å². The summed E-state index contributed by atoms with van der Waals surface area (Å²) in [6.45, 7) is 4.97. The zero-order valence-corrected chi connectivity index (χ0v) is 15.3. The minimum absolute atomic E-state index is 0.125. The maximum atomic E-state index is 12.4. The van der Waals surface area contributed by atoms with Gasteiger partial charge < -0.3 is 15.4 Å². The highest BCUT2D eigenvalue weighted by Gasteiger charge is 2.29. The molecule has 3 atom stereocenters. The molecule has 24 heavy (non-hydrogen) atoms. The summed E-state index contributed by atoms with van der Waals surface area (Å²) in [4.78, 5) is 12.6. The molecule has 1 aromatic rings. The largest absolute Gasteiger partial charge is 0.375 e. The zero-order valence-electron chi connectivity index (χ0n) is 14.4. The first-order valence-corrected chi connectivity index (χ1v) is 9.35. The van der Waals surface area contributed by atoms with Gasteiger partial charge in [-0.1, -0.05) is 12.1 Å². The van der Waals surface area contributed by atoms with Gasteiger partial charge in [0.05, 0.1) is 23.6 Å². The smallest absolute Gasteiger partial charge is 0.242 e. The molecule has 1 unspecified atom stereocenters. The second-order valence-corrected chi connectivity index (χ2v) is 8.25. The van der Waals surface area contributed by atoms with Crippen LogP contribution in [0, 0.1) is 0 Å². The summed E-state index contributed by atoms with van der Waals surface area (Å²) in [6, 6.07) is 5.93. The number of hydrogen-bond donors (Lipinski definition) is 2. The van der Waals surface area contributed by atoms with Gasteiger partial charge in [-0.25, -0.2) is 12.7 Å². The van der Waals surface area contributed by atoms with Crippen molar-refractivity contribution in [2.24, 2.45) is 0 Å². The lowest BCUT2D eigenvalue weighted by Crippen LogP contribution is -2.55. The molecule has 1 heterocycles. The maximum absolute atomic E-state index is 12.4. The summed E-state index contributed by atoms with van der Waals surface area (Å²) in [5.74, 6) is -0.125. The van der Waals surface area contributed by atoms with Crippen molar-refractivity contribution in [2.45, 2.75) is 36.9 Å². The number of nitrogens with one attached hydrogen (secondary N) is 2. The van der Waals surface area contributed by atoms with Crippen LogP contribution in [0.25, 0.3) is 0 Å². The van der Waals surface area contributed by atoms with Crippen molar-refractivity contribution in [3.63, 3.8) is 0 Å². The Morgan fingerprint density at radius 2 is 1.96 bits per heavy atom. The van der Waals surface area contributed by atoms with E-state index in [9.17, 15) is 13.2 Å². The van der Waals surface area contributed by atoms with Crippen LogP contribution in [0.2, 0.25) is 0 Å². The van der Waals surface area contributed by atoms with Crippen molar-refractivity contribution in [3.8, 4) is 0 Å². The molecule has 1 amide bonds. The van der Waals surface area contributed by atoms with Crippen LogP contribution in [-0.2, 0) is 19.6 Å². The fourth-order valence-electron chi connectivity index (χ4n) is 2.55. The van der Waals surface area contributed by atoms with Crippen LogP contribution in [0.4, 0.5) is 0 Å². The monoisotopic (exact) mass is 355 g/mol. The molecule has 1 saturated heterocycles. The molecular weight excluding hydrogens is 330 g/mol. The lowest BCUT2D eigenvalue weighted by atomic mass is 10.1. The van der Waals surface area contributed by atoms with E-state index in [1.807, 2.05) is 13.8 Å². The van der Waals surface area contributed by atoms with Crippen LogP contribution < -0.4 is 10.6 Å². The number of rotatable bonds is 5. The predicted molar refractivity (Wildman–Crippen MR) is 91.1 cm³/mol. The Morgan fingerprint density at radius 3 is 2.50 bits per heavy atom. The Kier molecular flexibility index (Phi) is 5.97. The van der Waals surface area contributed by atoms with Crippen LogP contribution in [0.15, 0.2) is 29.2 Å². The van der Waals surface area contributed by atoms with Gasteiger partial charge in [0.25, 0.3) is 0 Å². The van der Waals surface area contributed by atoms with Crippen LogP contribution >= 0.6 is 0 Å². The summed E-state index contributed by atoms with van der Waals surface area (Å²) >= 11 is 0. The normalized spacial score (nSPS) is 23.0. The number of carbonyl (C=O) groups excluding carboxylic acids is 1. The molecule has 1 fully saturated rings. The van der Waals surface area contributed by atoms with Crippen LogP contribution in [-0.4, -0.2) is 58.0 Å². The molecule has 0 aliphatic carbocycles. The number of amides is 1. The topological polar surface area (TPSA) is 87.7 Å². The van der Waals surface area contributed by atoms with E-state index in [1.54, 1.807) is 24.3 Å². The molecule has 2 N–H and O–H groups in total. The molecule has 0 aromatic heterocycles. The van der Waals surface area contributed by atoms with Crippen LogP contribution in [0.1, 0.15) is 25.5 Å². The molecule has 1 aliphatic rings. The van der Waals surface area contributed by atoms with Gasteiger partial charge in [0.1, 0.15) is 6.04 Å². The maximum Gasteiger partial charge on any atom is 0.242 e. The number of hydrogen-bond acceptors (Lipinski definition) is 5. The second kappa shape index (κ2) is 7.60.